The lowest BCUT2D eigenvalue weighted by molar-refractivity contribution is 0.405. The van der Waals surface area contributed by atoms with Gasteiger partial charge in [0, 0.05) is 0 Å². The Morgan fingerprint density at radius 3 is 1.94 bits per heavy atom. The van der Waals surface area contributed by atoms with Crippen LogP contribution in [-0.4, -0.2) is 0 Å². The molecule has 0 radical (unpaired) electrons. The van der Waals surface area contributed by atoms with Crippen LogP contribution in [0.3, 0.4) is 0 Å². The van der Waals surface area contributed by atoms with Crippen molar-refractivity contribution in [2.24, 2.45) is 11.8 Å². The van der Waals surface area contributed by atoms with Gasteiger partial charge in [0.1, 0.15) is 0 Å². The number of allylic oxidation sites excluding steroid dienone is 1. The summed E-state index contributed by atoms with van der Waals surface area (Å²) in [6.45, 7) is 6.43. The predicted octanol–water partition coefficient (Wildman–Crippen LogP) is 5.73. The highest BCUT2D eigenvalue weighted by molar-refractivity contribution is 4.79. The van der Waals surface area contributed by atoms with Gasteiger partial charge in [-0.05, 0) is 24.7 Å². The van der Waals surface area contributed by atoms with Gasteiger partial charge in [-0.2, -0.15) is 0 Å². The maximum absolute atomic E-state index is 4.00. The monoisotopic (exact) mass is 222 g/mol. The molecule has 0 aromatic rings. The van der Waals surface area contributed by atoms with Gasteiger partial charge >= 0.3 is 0 Å². The quantitative estimate of drug-likeness (QED) is 0.497. The van der Waals surface area contributed by atoms with Crippen LogP contribution in [-0.2, 0) is 0 Å². The van der Waals surface area contributed by atoms with Gasteiger partial charge in [0.25, 0.3) is 0 Å². The Balaban J connectivity index is 2.31. The Morgan fingerprint density at radius 2 is 1.31 bits per heavy atom. The molecule has 0 nitrogen and oxygen atoms in total. The predicted molar refractivity (Wildman–Crippen MR) is 73.6 cm³/mol. The van der Waals surface area contributed by atoms with E-state index in [-0.39, 0.29) is 0 Å². The van der Waals surface area contributed by atoms with Crippen LogP contribution < -0.4 is 0 Å². The van der Waals surface area contributed by atoms with Crippen LogP contribution in [0, 0.1) is 11.8 Å². The van der Waals surface area contributed by atoms with Crippen LogP contribution in [0.2, 0.25) is 0 Å². The van der Waals surface area contributed by atoms with E-state index in [1.165, 1.54) is 70.6 Å². The molecule has 0 N–H and O–H groups in total. The molecule has 0 heterocycles. The van der Waals surface area contributed by atoms with E-state index in [1.54, 1.807) is 0 Å². The Bertz CT molecular complexity index is 171. The summed E-state index contributed by atoms with van der Waals surface area (Å²) in [4.78, 5) is 0. The molecule has 1 fully saturated rings. The molecular formula is C16H30. The van der Waals surface area contributed by atoms with Crippen LogP contribution in [0.4, 0.5) is 0 Å². The standard InChI is InChI=1S/C16H30/c1-3-16-12-10-8-6-4-5-7-9-11-15(2)13-14-16/h3,15-16H,1,4-14H2,2H3. The van der Waals surface area contributed by atoms with E-state index in [0.717, 1.165) is 11.8 Å². The number of hydrogen-bond acceptors (Lipinski definition) is 0. The van der Waals surface area contributed by atoms with Gasteiger partial charge in [-0.1, -0.05) is 70.8 Å². The molecule has 1 aliphatic carbocycles. The lowest BCUT2D eigenvalue weighted by Gasteiger charge is -2.15. The molecule has 0 heteroatoms. The van der Waals surface area contributed by atoms with Crippen molar-refractivity contribution < 1.29 is 0 Å². The summed E-state index contributed by atoms with van der Waals surface area (Å²) in [6.07, 6.45) is 18.0. The SMILES string of the molecule is C=CC1CCCCCCCCCC(C)CC1. The summed E-state index contributed by atoms with van der Waals surface area (Å²) in [5.41, 5.74) is 0. The van der Waals surface area contributed by atoms with E-state index in [9.17, 15) is 0 Å². The van der Waals surface area contributed by atoms with Gasteiger partial charge in [-0.3, -0.25) is 0 Å². The van der Waals surface area contributed by atoms with E-state index in [2.05, 4.69) is 19.6 Å². The molecule has 16 heavy (non-hydrogen) atoms. The zero-order valence-corrected chi connectivity index (χ0v) is 11.2. The molecule has 94 valence electrons. The minimum atomic E-state index is 0.795. The van der Waals surface area contributed by atoms with Crippen LogP contribution in [0.15, 0.2) is 12.7 Å². The highest BCUT2D eigenvalue weighted by atomic mass is 14.1. The van der Waals surface area contributed by atoms with E-state index >= 15 is 0 Å². The Hall–Kier alpha value is -0.260. The van der Waals surface area contributed by atoms with Gasteiger partial charge < -0.3 is 0 Å². The van der Waals surface area contributed by atoms with Gasteiger partial charge in [0.15, 0.2) is 0 Å². The van der Waals surface area contributed by atoms with Crippen molar-refractivity contribution in [2.45, 2.75) is 77.6 Å². The summed E-state index contributed by atoms with van der Waals surface area (Å²) in [6, 6.07) is 0. The van der Waals surface area contributed by atoms with Crippen molar-refractivity contribution >= 4 is 0 Å². The van der Waals surface area contributed by atoms with Crippen molar-refractivity contribution in [3.05, 3.63) is 12.7 Å². The van der Waals surface area contributed by atoms with Gasteiger partial charge in [0.2, 0.25) is 0 Å². The molecule has 0 bridgehead atoms. The average molecular weight is 222 g/mol. The highest BCUT2D eigenvalue weighted by Crippen LogP contribution is 2.24. The molecule has 2 unspecified atom stereocenters. The highest BCUT2D eigenvalue weighted by Gasteiger charge is 2.08. The van der Waals surface area contributed by atoms with Crippen LogP contribution in [0.1, 0.15) is 77.6 Å². The molecule has 0 aliphatic heterocycles. The van der Waals surface area contributed by atoms with Gasteiger partial charge in [-0.15, -0.1) is 6.58 Å². The summed E-state index contributed by atoms with van der Waals surface area (Å²) in [7, 11) is 0. The van der Waals surface area contributed by atoms with Crippen LogP contribution in [0.5, 0.6) is 0 Å². The normalized spacial score (nSPS) is 30.8. The van der Waals surface area contributed by atoms with Crippen LogP contribution in [0.25, 0.3) is 0 Å². The Morgan fingerprint density at radius 1 is 0.750 bits per heavy atom. The first-order valence-corrected chi connectivity index (χ1v) is 7.45. The Labute approximate surface area is 103 Å². The van der Waals surface area contributed by atoms with Crippen molar-refractivity contribution in [2.75, 3.05) is 0 Å². The van der Waals surface area contributed by atoms with Crippen molar-refractivity contribution in [1.82, 2.24) is 0 Å². The molecule has 1 saturated carbocycles. The number of rotatable bonds is 1. The minimum Gasteiger partial charge on any atom is -0.103 e. The van der Waals surface area contributed by atoms with Crippen LogP contribution >= 0.6 is 0 Å². The fraction of sp³-hybridized carbons (Fsp3) is 0.875. The van der Waals surface area contributed by atoms with Crippen molar-refractivity contribution in [3.63, 3.8) is 0 Å². The van der Waals surface area contributed by atoms with E-state index in [4.69, 9.17) is 0 Å². The first kappa shape index (κ1) is 13.8. The molecule has 0 aromatic carbocycles. The summed E-state index contributed by atoms with van der Waals surface area (Å²) < 4.78 is 0. The zero-order valence-electron chi connectivity index (χ0n) is 11.2. The molecule has 1 rings (SSSR count). The van der Waals surface area contributed by atoms with E-state index in [1.807, 2.05) is 0 Å². The molecule has 0 saturated heterocycles. The van der Waals surface area contributed by atoms with E-state index in [0.29, 0.717) is 0 Å². The number of hydrogen-bond donors (Lipinski definition) is 0. The van der Waals surface area contributed by atoms with Crippen molar-refractivity contribution in [3.8, 4) is 0 Å². The summed E-state index contributed by atoms with van der Waals surface area (Å²) in [5.74, 6) is 1.73. The Kier molecular flexibility index (Phi) is 7.63. The first-order chi connectivity index (χ1) is 7.83. The third-order valence-electron chi connectivity index (χ3n) is 4.14. The lowest BCUT2D eigenvalue weighted by Crippen LogP contribution is -2.01. The first-order valence-electron chi connectivity index (χ1n) is 7.45. The minimum absolute atomic E-state index is 0.795. The fourth-order valence-corrected chi connectivity index (χ4v) is 2.81. The van der Waals surface area contributed by atoms with Gasteiger partial charge in [-0.25, -0.2) is 0 Å². The molecule has 0 aromatic heterocycles. The smallest absolute Gasteiger partial charge is 0.0236 e. The largest absolute Gasteiger partial charge is 0.103 e. The second-order valence-corrected chi connectivity index (χ2v) is 5.73. The lowest BCUT2D eigenvalue weighted by atomic mass is 9.91. The van der Waals surface area contributed by atoms with Gasteiger partial charge in [0.05, 0.1) is 0 Å². The fourth-order valence-electron chi connectivity index (χ4n) is 2.81. The molecule has 1 aliphatic rings. The third kappa shape index (κ3) is 6.35. The zero-order chi connectivity index (χ0) is 11.6. The average Bonchev–Trinajstić information content (AvgIpc) is 2.31. The van der Waals surface area contributed by atoms with E-state index < -0.39 is 0 Å². The topological polar surface area (TPSA) is 0 Å². The van der Waals surface area contributed by atoms with Crippen molar-refractivity contribution in [1.29, 1.82) is 0 Å². The molecule has 0 spiro atoms. The third-order valence-corrected chi connectivity index (χ3v) is 4.14. The molecule has 0 amide bonds. The second-order valence-electron chi connectivity index (χ2n) is 5.73. The second kappa shape index (κ2) is 8.84. The summed E-state index contributed by atoms with van der Waals surface area (Å²) >= 11 is 0. The maximum atomic E-state index is 4.00. The molecular weight excluding hydrogens is 192 g/mol. The maximum Gasteiger partial charge on any atom is -0.0236 e. The molecule has 2 atom stereocenters. The summed E-state index contributed by atoms with van der Waals surface area (Å²) in [5, 5.41) is 0.